The molecule has 0 spiro atoms. The van der Waals surface area contributed by atoms with Crippen LogP contribution in [0.15, 0.2) is 24.5 Å². The van der Waals surface area contributed by atoms with E-state index in [-0.39, 0.29) is 5.92 Å². The smallest absolute Gasteiger partial charge is 0.144 e. The van der Waals surface area contributed by atoms with Crippen LogP contribution in [0.5, 0.6) is 0 Å². The Hall–Kier alpha value is -1.10. The molecule has 0 bridgehead atoms. The molecule has 1 aliphatic carbocycles. The lowest BCUT2D eigenvalue weighted by atomic mass is 9.97. The van der Waals surface area contributed by atoms with Gasteiger partial charge in [0.1, 0.15) is 15.6 Å². The molecule has 0 radical (unpaired) electrons. The van der Waals surface area contributed by atoms with Crippen molar-refractivity contribution < 1.29 is 13.2 Å². The number of hydrogen-bond donors (Lipinski definition) is 0. The van der Waals surface area contributed by atoms with E-state index in [4.69, 9.17) is 0 Å². The van der Waals surface area contributed by atoms with Gasteiger partial charge in [0.15, 0.2) is 0 Å². The van der Waals surface area contributed by atoms with Crippen LogP contribution in [0.3, 0.4) is 0 Å². The summed E-state index contributed by atoms with van der Waals surface area (Å²) >= 11 is 0. The van der Waals surface area contributed by atoms with E-state index in [1.165, 1.54) is 0 Å². The van der Waals surface area contributed by atoms with Gasteiger partial charge in [-0.3, -0.25) is 4.79 Å². The van der Waals surface area contributed by atoms with Gasteiger partial charge in [-0.1, -0.05) is 13.8 Å². The molecule has 1 heterocycles. The molecule has 5 heteroatoms. The van der Waals surface area contributed by atoms with Gasteiger partial charge in [0.05, 0.1) is 0 Å². The average Bonchev–Trinajstić information content (AvgIpc) is 2.80. The molecule has 1 aromatic heterocycles. The Morgan fingerprint density at radius 1 is 1.17 bits per heavy atom. The van der Waals surface area contributed by atoms with Gasteiger partial charge in [0.2, 0.25) is 0 Å². The molecule has 0 N–H and O–H groups in total. The van der Waals surface area contributed by atoms with Crippen molar-refractivity contribution in [3.8, 4) is 0 Å². The fraction of sp³-hybridized carbons (Fsp3) is 0.615. The van der Waals surface area contributed by atoms with Gasteiger partial charge in [-0.25, -0.2) is 8.42 Å². The second-order valence-electron chi connectivity index (χ2n) is 5.16. The third kappa shape index (κ3) is 4.29. The summed E-state index contributed by atoms with van der Waals surface area (Å²) in [6.45, 7) is 4.21. The fourth-order valence-electron chi connectivity index (χ4n) is 2.15. The minimum atomic E-state index is -2.67. The summed E-state index contributed by atoms with van der Waals surface area (Å²) < 4.78 is 21.4. The van der Waals surface area contributed by atoms with Crippen molar-refractivity contribution in [2.75, 3.05) is 12.5 Å². The summed E-state index contributed by atoms with van der Waals surface area (Å²) in [5.74, 6) is 1.11. The van der Waals surface area contributed by atoms with E-state index in [2.05, 4.69) is 11.5 Å². The summed E-state index contributed by atoms with van der Waals surface area (Å²) in [5.41, 5.74) is 0. The third-order valence-corrected chi connectivity index (χ3v) is 3.32. The molecule has 18 heavy (non-hydrogen) atoms. The zero-order valence-electron chi connectivity index (χ0n) is 11.3. The van der Waals surface area contributed by atoms with Crippen molar-refractivity contribution in [2.45, 2.75) is 26.3 Å². The molecule has 4 nitrogen and oxygen atoms in total. The predicted molar refractivity (Wildman–Crippen MR) is 72.2 cm³/mol. The highest BCUT2D eigenvalue weighted by atomic mass is 32.2. The average molecular weight is 271 g/mol. The summed E-state index contributed by atoms with van der Waals surface area (Å²) in [5, 5.41) is 0. The fourth-order valence-corrected chi connectivity index (χ4v) is 2.15. The van der Waals surface area contributed by atoms with Crippen molar-refractivity contribution in [2.24, 2.45) is 11.8 Å². The Bertz CT molecular complexity index is 482. The summed E-state index contributed by atoms with van der Waals surface area (Å²) in [6.07, 6.45) is 7.12. The molecule has 1 saturated carbocycles. The number of rotatable bonds is 1. The molecule has 0 aromatic carbocycles. The van der Waals surface area contributed by atoms with E-state index in [1.807, 2.05) is 31.5 Å². The van der Waals surface area contributed by atoms with Crippen LogP contribution < -0.4 is 0 Å². The molecular weight excluding hydrogens is 250 g/mol. The third-order valence-electron chi connectivity index (χ3n) is 3.32. The minimum absolute atomic E-state index is 0.229. The standard InChI is InChI=1S/C11H15NO.C2H6O2S/c1-8-9(2)11(13)7-10(8)12-5-3-4-6-12;1-5(2,3)4/h3-6,8-10H,7H2,1-2H3;1-2H3. The molecule has 0 aliphatic heterocycles. The molecular formula is C13H21NO3S. The number of Topliss-reactive ketones (excluding diaryl/α,β-unsaturated/α-hetero) is 1. The van der Waals surface area contributed by atoms with Gasteiger partial charge < -0.3 is 4.57 Å². The van der Waals surface area contributed by atoms with Crippen molar-refractivity contribution in [1.82, 2.24) is 4.57 Å². The lowest BCUT2D eigenvalue weighted by Gasteiger charge is -2.18. The van der Waals surface area contributed by atoms with Crippen molar-refractivity contribution in [3.63, 3.8) is 0 Å². The second kappa shape index (κ2) is 5.69. The van der Waals surface area contributed by atoms with E-state index in [0.29, 0.717) is 24.2 Å². The van der Waals surface area contributed by atoms with Crippen LogP contribution in [0.2, 0.25) is 0 Å². The summed E-state index contributed by atoms with van der Waals surface area (Å²) in [6, 6.07) is 4.41. The molecule has 3 atom stereocenters. The van der Waals surface area contributed by atoms with Crippen LogP contribution in [-0.2, 0) is 14.6 Å². The van der Waals surface area contributed by atoms with Crippen LogP contribution in [0.25, 0.3) is 0 Å². The Kier molecular flexibility index (Phi) is 4.73. The Morgan fingerprint density at radius 3 is 1.94 bits per heavy atom. The first-order chi connectivity index (χ1) is 8.20. The highest BCUT2D eigenvalue weighted by molar-refractivity contribution is 7.89. The molecule has 1 aromatic rings. The first kappa shape index (κ1) is 15.0. The number of hydrogen-bond acceptors (Lipinski definition) is 3. The number of carbonyl (C=O) groups is 1. The summed E-state index contributed by atoms with van der Waals surface area (Å²) in [7, 11) is -2.67. The Labute approximate surface area is 109 Å². The number of nitrogens with zero attached hydrogens (tertiary/aromatic N) is 1. The van der Waals surface area contributed by atoms with Gasteiger partial charge in [0, 0.05) is 43.3 Å². The summed E-state index contributed by atoms with van der Waals surface area (Å²) in [4.78, 5) is 11.5. The van der Waals surface area contributed by atoms with Crippen LogP contribution >= 0.6 is 0 Å². The normalized spacial score (nSPS) is 27.8. The number of aromatic nitrogens is 1. The molecule has 1 aliphatic rings. The zero-order chi connectivity index (χ0) is 13.9. The highest BCUT2D eigenvalue weighted by Crippen LogP contribution is 2.37. The molecule has 102 valence electrons. The molecule has 0 amide bonds. The lowest BCUT2D eigenvalue weighted by Crippen LogP contribution is -2.13. The molecule has 3 unspecified atom stereocenters. The van der Waals surface area contributed by atoms with Gasteiger partial charge >= 0.3 is 0 Å². The van der Waals surface area contributed by atoms with Crippen molar-refractivity contribution >= 4 is 15.6 Å². The van der Waals surface area contributed by atoms with Crippen molar-refractivity contribution in [3.05, 3.63) is 24.5 Å². The van der Waals surface area contributed by atoms with E-state index in [1.54, 1.807) is 0 Å². The van der Waals surface area contributed by atoms with E-state index in [9.17, 15) is 13.2 Å². The molecule has 1 fully saturated rings. The number of carbonyl (C=O) groups excluding carboxylic acids is 1. The van der Waals surface area contributed by atoms with Crippen molar-refractivity contribution in [1.29, 1.82) is 0 Å². The maximum Gasteiger partial charge on any atom is 0.144 e. The first-order valence-corrected chi connectivity index (χ1v) is 8.30. The lowest BCUT2D eigenvalue weighted by molar-refractivity contribution is -0.120. The van der Waals surface area contributed by atoms with Crippen LogP contribution in [0.4, 0.5) is 0 Å². The zero-order valence-corrected chi connectivity index (χ0v) is 12.1. The minimum Gasteiger partial charge on any atom is -0.351 e. The maximum absolute atomic E-state index is 11.5. The topological polar surface area (TPSA) is 56.1 Å². The van der Waals surface area contributed by atoms with Crippen LogP contribution in [0.1, 0.15) is 26.3 Å². The van der Waals surface area contributed by atoms with E-state index >= 15 is 0 Å². The SMILES string of the molecule is CC1C(=O)CC(n2cccc2)C1C.CS(C)(=O)=O. The maximum atomic E-state index is 11.5. The van der Waals surface area contributed by atoms with Gasteiger partial charge in [-0.05, 0) is 18.1 Å². The number of ketones is 1. The predicted octanol–water partition coefficient (Wildman–Crippen LogP) is 1.94. The largest absolute Gasteiger partial charge is 0.351 e. The first-order valence-electron chi connectivity index (χ1n) is 6.00. The monoisotopic (exact) mass is 271 g/mol. The van der Waals surface area contributed by atoms with E-state index < -0.39 is 9.84 Å². The molecule has 2 rings (SSSR count). The van der Waals surface area contributed by atoms with Gasteiger partial charge in [-0.2, -0.15) is 0 Å². The van der Waals surface area contributed by atoms with Crippen LogP contribution in [-0.4, -0.2) is 31.3 Å². The van der Waals surface area contributed by atoms with Gasteiger partial charge in [0.25, 0.3) is 0 Å². The Balaban J connectivity index is 0.000000280. The Morgan fingerprint density at radius 2 is 1.61 bits per heavy atom. The quantitative estimate of drug-likeness (QED) is 0.784. The molecule has 0 saturated heterocycles. The van der Waals surface area contributed by atoms with Crippen LogP contribution in [0, 0.1) is 11.8 Å². The second-order valence-corrected chi connectivity index (χ2v) is 7.44. The highest BCUT2D eigenvalue weighted by Gasteiger charge is 2.36. The van der Waals surface area contributed by atoms with E-state index in [0.717, 1.165) is 12.5 Å². The van der Waals surface area contributed by atoms with Gasteiger partial charge in [-0.15, -0.1) is 0 Å². The number of sulfone groups is 1.